The van der Waals surface area contributed by atoms with E-state index in [9.17, 15) is 4.79 Å². The molecule has 1 unspecified atom stereocenters. The fraction of sp³-hybridized carbons (Fsp3) is 0.625. The Morgan fingerprint density at radius 3 is 3.00 bits per heavy atom. The third-order valence-electron chi connectivity index (χ3n) is 4.26. The monoisotopic (exact) mass is 291 g/mol. The molecule has 1 aliphatic heterocycles. The van der Waals surface area contributed by atoms with Crippen LogP contribution in [-0.4, -0.2) is 37.6 Å². The predicted molar refractivity (Wildman–Crippen MR) is 83.3 cm³/mol. The standard InChI is InChI=1S/C16H25N3O2/c1-12-5-3-4-6-19(12)15-7-13(8-18-9-15)16(17)14(10-20)11-21-2/h7-10,12,14,16H,3-6,11,17H2,1-2H3/t12-,14?,16+/m0/s1. The van der Waals surface area contributed by atoms with Gasteiger partial charge in [0.05, 0.1) is 24.4 Å². The molecule has 1 aromatic heterocycles. The van der Waals surface area contributed by atoms with Crippen LogP contribution in [0.25, 0.3) is 0 Å². The third-order valence-corrected chi connectivity index (χ3v) is 4.26. The quantitative estimate of drug-likeness (QED) is 0.811. The molecule has 1 saturated heterocycles. The first-order valence-electron chi connectivity index (χ1n) is 7.58. The van der Waals surface area contributed by atoms with Crippen molar-refractivity contribution in [2.75, 3.05) is 25.2 Å². The summed E-state index contributed by atoms with van der Waals surface area (Å²) < 4.78 is 5.06. The van der Waals surface area contributed by atoms with Crippen molar-refractivity contribution in [1.29, 1.82) is 0 Å². The van der Waals surface area contributed by atoms with Gasteiger partial charge in [0.2, 0.25) is 0 Å². The second-order valence-electron chi connectivity index (χ2n) is 5.80. The highest BCUT2D eigenvalue weighted by molar-refractivity contribution is 5.57. The number of pyridine rings is 1. The summed E-state index contributed by atoms with van der Waals surface area (Å²) in [6.07, 6.45) is 8.19. The minimum Gasteiger partial charge on any atom is -0.384 e. The number of nitrogens with zero attached hydrogens (tertiary/aromatic N) is 2. The largest absolute Gasteiger partial charge is 0.384 e. The predicted octanol–water partition coefficient (Wildman–Crippen LogP) is 1.92. The first-order chi connectivity index (χ1) is 10.2. The van der Waals surface area contributed by atoms with Crippen LogP contribution in [0.2, 0.25) is 0 Å². The Kier molecular flexibility index (Phi) is 5.70. The second kappa shape index (κ2) is 7.52. The number of carbonyl (C=O) groups is 1. The first-order valence-corrected chi connectivity index (χ1v) is 7.58. The average molecular weight is 291 g/mol. The van der Waals surface area contributed by atoms with E-state index in [1.165, 1.54) is 19.3 Å². The molecule has 0 aromatic carbocycles. The first kappa shape index (κ1) is 15.9. The number of rotatable bonds is 6. The maximum atomic E-state index is 11.2. The Morgan fingerprint density at radius 2 is 2.33 bits per heavy atom. The lowest BCUT2D eigenvalue weighted by Gasteiger charge is -2.35. The Bertz CT molecular complexity index is 467. The third kappa shape index (κ3) is 3.80. The Labute approximate surface area is 126 Å². The minimum atomic E-state index is -0.380. The van der Waals surface area contributed by atoms with E-state index in [2.05, 4.69) is 22.9 Å². The van der Waals surface area contributed by atoms with Gasteiger partial charge in [-0.2, -0.15) is 0 Å². The topological polar surface area (TPSA) is 68.5 Å². The van der Waals surface area contributed by atoms with E-state index in [0.29, 0.717) is 12.6 Å². The smallest absolute Gasteiger partial charge is 0.127 e. The molecule has 21 heavy (non-hydrogen) atoms. The zero-order valence-corrected chi connectivity index (χ0v) is 12.9. The molecule has 0 amide bonds. The number of nitrogens with two attached hydrogens (primary N) is 1. The van der Waals surface area contributed by atoms with E-state index < -0.39 is 0 Å². The van der Waals surface area contributed by atoms with E-state index >= 15 is 0 Å². The van der Waals surface area contributed by atoms with Crippen molar-refractivity contribution in [1.82, 2.24) is 4.98 Å². The van der Waals surface area contributed by atoms with Crippen molar-refractivity contribution in [3.63, 3.8) is 0 Å². The number of methoxy groups -OCH3 is 1. The van der Waals surface area contributed by atoms with Gasteiger partial charge in [-0.05, 0) is 37.8 Å². The number of anilines is 1. The van der Waals surface area contributed by atoms with Crippen LogP contribution in [0.4, 0.5) is 5.69 Å². The Hall–Kier alpha value is -1.46. The number of aromatic nitrogens is 1. The molecule has 1 fully saturated rings. The fourth-order valence-corrected chi connectivity index (χ4v) is 2.93. The highest BCUT2D eigenvalue weighted by Crippen LogP contribution is 2.27. The Balaban J connectivity index is 2.18. The van der Waals surface area contributed by atoms with Crippen molar-refractivity contribution in [2.45, 2.75) is 38.3 Å². The lowest BCUT2D eigenvalue weighted by molar-refractivity contribution is -0.113. The van der Waals surface area contributed by atoms with Gasteiger partial charge in [0, 0.05) is 31.9 Å². The van der Waals surface area contributed by atoms with Crippen molar-refractivity contribution in [3.05, 3.63) is 24.0 Å². The lowest BCUT2D eigenvalue weighted by Crippen LogP contribution is -2.37. The normalized spacial score (nSPS) is 21.9. The van der Waals surface area contributed by atoms with Gasteiger partial charge in [-0.3, -0.25) is 4.98 Å². The molecule has 0 spiro atoms. The van der Waals surface area contributed by atoms with Gasteiger partial charge in [-0.25, -0.2) is 0 Å². The molecule has 0 radical (unpaired) electrons. The van der Waals surface area contributed by atoms with Gasteiger partial charge in [0.25, 0.3) is 0 Å². The van der Waals surface area contributed by atoms with Crippen LogP contribution in [-0.2, 0) is 9.53 Å². The van der Waals surface area contributed by atoms with Crippen LogP contribution in [0.3, 0.4) is 0 Å². The second-order valence-corrected chi connectivity index (χ2v) is 5.80. The number of aldehydes is 1. The lowest BCUT2D eigenvalue weighted by atomic mass is 9.96. The summed E-state index contributed by atoms with van der Waals surface area (Å²) in [5.41, 5.74) is 8.18. The Morgan fingerprint density at radius 1 is 1.52 bits per heavy atom. The number of hydrogen-bond donors (Lipinski definition) is 1. The molecule has 0 saturated carbocycles. The van der Waals surface area contributed by atoms with E-state index in [1.54, 1.807) is 13.3 Å². The van der Waals surface area contributed by atoms with Gasteiger partial charge in [-0.1, -0.05) is 0 Å². The van der Waals surface area contributed by atoms with Gasteiger partial charge in [0.15, 0.2) is 0 Å². The summed E-state index contributed by atoms with van der Waals surface area (Å²) in [5.74, 6) is -0.342. The van der Waals surface area contributed by atoms with E-state index in [1.807, 2.05) is 6.20 Å². The number of carbonyl (C=O) groups excluding carboxylic acids is 1. The van der Waals surface area contributed by atoms with E-state index in [4.69, 9.17) is 10.5 Å². The summed E-state index contributed by atoms with van der Waals surface area (Å²) in [5, 5.41) is 0. The molecule has 2 N–H and O–H groups in total. The van der Waals surface area contributed by atoms with Crippen LogP contribution in [0.5, 0.6) is 0 Å². The highest BCUT2D eigenvalue weighted by atomic mass is 16.5. The van der Waals surface area contributed by atoms with Gasteiger partial charge >= 0.3 is 0 Å². The molecule has 1 aliphatic rings. The minimum absolute atomic E-state index is 0.328. The van der Waals surface area contributed by atoms with Crippen LogP contribution >= 0.6 is 0 Å². The zero-order chi connectivity index (χ0) is 15.2. The molecule has 3 atom stereocenters. The molecule has 116 valence electrons. The van der Waals surface area contributed by atoms with Gasteiger partial charge < -0.3 is 20.2 Å². The summed E-state index contributed by atoms with van der Waals surface area (Å²) in [4.78, 5) is 17.8. The van der Waals surface area contributed by atoms with Gasteiger partial charge in [0.1, 0.15) is 6.29 Å². The molecule has 1 aromatic rings. The maximum absolute atomic E-state index is 11.2. The van der Waals surface area contributed by atoms with Crippen LogP contribution in [0.15, 0.2) is 18.5 Å². The molecule has 2 heterocycles. The van der Waals surface area contributed by atoms with E-state index in [-0.39, 0.29) is 12.0 Å². The highest BCUT2D eigenvalue weighted by Gasteiger charge is 2.22. The number of ether oxygens (including phenoxy) is 1. The molecule has 0 bridgehead atoms. The molecule has 0 aliphatic carbocycles. The van der Waals surface area contributed by atoms with Gasteiger partial charge in [-0.15, -0.1) is 0 Å². The molecule has 2 rings (SSSR count). The zero-order valence-electron chi connectivity index (χ0n) is 12.9. The molecular formula is C16H25N3O2. The molecular weight excluding hydrogens is 266 g/mol. The van der Waals surface area contributed by atoms with Crippen molar-refractivity contribution >= 4 is 12.0 Å². The SMILES string of the molecule is COCC(C=O)[C@H](N)c1cncc(N2CCCC[C@@H]2C)c1. The molecule has 5 nitrogen and oxygen atoms in total. The summed E-state index contributed by atoms with van der Waals surface area (Å²) >= 11 is 0. The average Bonchev–Trinajstić information content (AvgIpc) is 2.52. The van der Waals surface area contributed by atoms with Crippen molar-refractivity contribution < 1.29 is 9.53 Å². The van der Waals surface area contributed by atoms with Crippen molar-refractivity contribution in [2.24, 2.45) is 11.7 Å². The summed E-state index contributed by atoms with van der Waals surface area (Å²) in [7, 11) is 1.58. The number of hydrogen-bond acceptors (Lipinski definition) is 5. The fourth-order valence-electron chi connectivity index (χ4n) is 2.93. The van der Waals surface area contributed by atoms with E-state index in [0.717, 1.165) is 24.1 Å². The van der Waals surface area contributed by atoms with Crippen LogP contribution in [0.1, 0.15) is 37.8 Å². The molecule has 5 heteroatoms. The summed E-state index contributed by atoms with van der Waals surface area (Å²) in [6.45, 7) is 3.62. The van der Waals surface area contributed by atoms with Crippen LogP contribution in [0, 0.1) is 5.92 Å². The van der Waals surface area contributed by atoms with Crippen molar-refractivity contribution in [3.8, 4) is 0 Å². The number of piperidine rings is 1. The summed E-state index contributed by atoms with van der Waals surface area (Å²) in [6, 6.07) is 2.20. The maximum Gasteiger partial charge on any atom is 0.127 e. The van der Waals surface area contributed by atoms with Crippen LogP contribution < -0.4 is 10.6 Å².